The summed E-state index contributed by atoms with van der Waals surface area (Å²) in [4.78, 5) is 15.9. The van der Waals surface area contributed by atoms with Crippen LogP contribution in [0.4, 0.5) is 10.2 Å². The molecule has 122 valence electrons. The highest BCUT2D eigenvalue weighted by atomic mass is 19.1. The molecule has 0 saturated heterocycles. The van der Waals surface area contributed by atoms with Gasteiger partial charge in [-0.15, -0.1) is 0 Å². The predicted molar refractivity (Wildman–Crippen MR) is 89.8 cm³/mol. The van der Waals surface area contributed by atoms with Crippen LogP contribution in [-0.2, 0) is 4.79 Å². The van der Waals surface area contributed by atoms with E-state index in [1.165, 1.54) is 12.1 Å². The Hall–Kier alpha value is -3.06. The summed E-state index contributed by atoms with van der Waals surface area (Å²) < 4.78 is 13.2. The topological polar surface area (TPSA) is 82.7 Å². The van der Waals surface area contributed by atoms with Gasteiger partial charge >= 0.3 is 0 Å². The van der Waals surface area contributed by atoms with E-state index in [0.29, 0.717) is 11.5 Å². The Morgan fingerprint density at radius 3 is 2.50 bits per heavy atom. The second-order valence-electron chi connectivity index (χ2n) is 5.14. The van der Waals surface area contributed by atoms with Crippen molar-refractivity contribution in [2.75, 3.05) is 18.9 Å². The second kappa shape index (κ2) is 7.01. The molecule has 0 aliphatic heterocycles. The maximum Gasteiger partial charge on any atom is 0.239 e. The van der Waals surface area contributed by atoms with Crippen LogP contribution in [0, 0.1) is 5.82 Å². The van der Waals surface area contributed by atoms with Crippen LogP contribution in [0.3, 0.4) is 0 Å². The molecule has 0 bridgehead atoms. The standard InChI is InChI=1S/C17H16FN5O/c1-19-10-14(24)21-17-15(11-6-8-20-9-7-11)16(22-23-17)12-2-4-13(18)5-3-12/h2-9,19H,10H2,1H3,(H2,21,22,23,24). The summed E-state index contributed by atoms with van der Waals surface area (Å²) in [6.45, 7) is 0.175. The minimum Gasteiger partial charge on any atom is -0.311 e. The van der Waals surface area contributed by atoms with E-state index >= 15 is 0 Å². The van der Waals surface area contributed by atoms with Crippen molar-refractivity contribution in [1.82, 2.24) is 20.5 Å². The molecular formula is C17H16FN5O. The highest BCUT2D eigenvalue weighted by Crippen LogP contribution is 2.35. The van der Waals surface area contributed by atoms with E-state index in [0.717, 1.165) is 16.7 Å². The third-order valence-corrected chi connectivity index (χ3v) is 3.46. The van der Waals surface area contributed by atoms with Gasteiger partial charge in [-0.3, -0.25) is 14.9 Å². The van der Waals surface area contributed by atoms with Gasteiger partial charge in [0, 0.05) is 18.0 Å². The van der Waals surface area contributed by atoms with Crippen LogP contribution in [0.25, 0.3) is 22.4 Å². The lowest BCUT2D eigenvalue weighted by Crippen LogP contribution is -2.25. The summed E-state index contributed by atoms with van der Waals surface area (Å²) in [6, 6.07) is 9.73. The monoisotopic (exact) mass is 325 g/mol. The van der Waals surface area contributed by atoms with Crippen molar-refractivity contribution in [3.05, 3.63) is 54.6 Å². The van der Waals surface area contributed by atoms with Crippen LogP contribution in [0.5, 0.6) is 0 Å². The number of H-pyrrole nitrogens is 1. The van der Waals surface area contributed by atoms with Crippen LogP contribution < -0.4 is 10.6 Å². The molecule has 0 unspecified atom stereocenters. The minimum absolute atomic E-state index is 0.175. The average molecular weight is 325 g/mol. The van der Waals surface area contributed by atoms with Crippen molar-refractivity contribution >= 4 is 11.7 Å². The largest absolute Gasteiger partial charge is 0.311 e. The Bertz CT molecular complexity index is 830. The van der Waals surface area contributed by atoms with E-state index in [-0.39, 0.29) is 18.3 Å². The number of rotatable bonds is 5. The van der Waals surface area contributed by atoms with E-state index in [1.807, 2.05) is 12.1 Å². The maximum atomic E-state index is 13.2. The molecule has 1 amide bonds. The van der Waals surface area contributed by atoms with Gasteiger partial charge in [-0.25, -0.2) is 4.39 Å². The smallest absolute Gasteiger partial charge is 0.239 e. The number of benzene rings is 1. The van der Waals surface area contributed by atoms with E-state index in [4.69, 9.17) is 0 Å². The number of carbonyl (C=O) groups excluding carboxylic acids is 1. The zero-order chi connectivity index (χ0) is 16.9. The van der Waals surface area contributed by atoms with Crippen LogP contribution in [0.2, 0.25) is 0 Å². The minimum atomic E-state index is -0.314. The number of aromatic nitrogens is 3. The molecule has 0 spiro atoms. The third kappa shape index (κ3) is 3.31. The van der Waals surface area contributed by atoms with Crippen LogP contribution >= 0.6 is 0 Å². The van der Waals surface area contributed by atoms with Gasteiger partial charge in [0.2, 0.25) is 5.91 Å². The number of halogens is 1. The molecule has 24 heavy (non-hydrogen) atoms. The van der Waals surface area contributed by atoms with E-state index in [1.54, 1.807) is 31.6 Å². The lowest BCUT2D eigenvalue weighted by atomic mass is 10.0. The highest BCUT2D eigenvalue weighted by Gasteiger charge is 2.18. The number of hydrogen-bond donors (Lipinski definition) is 3. The molecule has 3 aromatic rings. The zero-order valence-electron chi connectivity index (χ0n) is 13.0. The van der Waals surface area contributed by atoms with Crippen molar-refractivity contribution in [3.63, 3.8) is 0 Å². The lowest BCUT2D eigenvalue weighted by Gasteiger charge is -2.07. The van der Waals surface area contributed by atoms with Gasteiger partial charge in [-0.05, 0) is 49.0 Å². The van der Waals surface area contributed by atoms with Crippen LogP contribution in [-0.4, -0.2) is 34.7 Å². The summed E-state index contributed by atoms with van der Waals surface area (Å²) in [6.07, 6.45) is 3.33. The summed E-state index contributed by atoms with van der Waals surface area (Å²) in [5.74, 6) is -0.1000. The van der Waals surface area contributed by atoms with Gasteiger partial charge in [0.15, 0.2) is 5.82 Å². The first-order chi connectivity index (χ1) is 11.7. The Labute approximate surface area is 138 Å². The first-order valence-electron chi connectivity index (χ1n) is 7.38. The number of aromatic amines is 1. The Kier molecular flexibility index (Phi) is 4.62. The number of pyridine rings is 1. The maximum absolute atomic E-state index is 13.2. The molecule has 6 nitrogen and oxygen atoms in total. The summed E-state index contributed by atoms with van der Waals surface area (Å²) in [7, 11) is 1.69. The Morgan fingerprint density at radius 2 is 1.83 bits per heavy atom. The van der Waals surface area contributed by atoms with Crippen LogP contribution in [0.15, 0.2) is 48.8 Å². The fraction of sp³-hybridized carbons (Fsp3) is 0.118. The number of nitrogens with one attached hydrogen (secondary N) is 3. The predicted octanol–water partition coefficient (Wildman–Crippen LogP) is 2.44. The molecule has 1 aromatic carbocycles. The molecule has 3 rings (SSSR count). The molecule has 2 heterocycles. The lowest BCUT2D eigenvalue weighted by molar-refractivity contribution is -0.115. The summed E-state index contributed by atoms with van der Waals surface area (Å²) >= 11 is 0. The summed E-state index contributed by atoms with van der Waals surface area (Å²) in [5, 5.41) is 12.7. The van der Waals surface area contributed by atoms with Crippen molar-refractivity contribution < 1.29 is 9.18 Å². The molecular weight excluding hydrogens is 309 g/mol. The normalized spacial score (nSPS) is 10.6. The van der Waals surface area contributed by atoms with Crippen molar-refractivity contribution in [1.29, 1.82) is 0 Å². The first-order valence-corrected chi connectivity index (χ1v) is 7.38. The molecule has 7 heteroatoms. The fourth-order valence-corrected chi connectivity index (χ4v) is 2.39. The Balaban J connectivity index is 2.08. The quantitative estimate of drug-likeness (QED) is 0.673. The highest BCUT2D eigenvalue weighted by molar-refractivity contribution is 5.98. The first kappa shape index (κ1) is 15.8. The molecule has 2 aromatic heterocycles. The SMILES string of the molecule is CNCC(=O)Nc1n[nH]c(-c2ccc(F)cc2)c1-c1ccncc1. The molecule has 0 aliphatic carbocycles. The van der Waals surface area contributed by atoms with Gasteiger partial charge in [0.25, 0.3) is 0 Å². The fourth-order valence-electron chi connectivity index (χ4n) is 2.39. The molecule has 0 atom stereocenters. The molecule has 3 N–H and O–H groups in total. The molecule has 0 aliphatic rings. The van der Waals surface area contributed by atoms with Crippen molar-refractivity contribution in [2.45, 2.75) is 0 Å². The van der Waals surface area contributed by atoms with E-state index in [2.05, 4.69) is 25.8 Å². The molecule has 0 saturated carbocycles. The van der Waals surface area contributed by atoms with Crippen molar-refractivity contribution in [2.24, 2.45) is 0 Å². The third-order valence-electron chi connectivity index (χ3n) is 3.46. The number of nitrogens with zero attached hydrogens (tertiary/aromatic N) is 2. The van der Waals surface area contributed by atoms with Gasteiger partial charge in [-0.1, -0.05) is 0 Å². The van der Waals surface area contributed by atoms with Gasteiger partial charge in [0.1, 0.15) is 5.82 Å². The van der Waals surface area contributed by atoms with Gasteiger partial charge in [0.05, 0.1) is 17.8 Å². The second-order valence-corrected chi connectivity index (χ2v) is 5.14. The number of amides is 1. The van der Waals surface area contributed by atoms with E-state index < -0.39 is 0 Å². The van der Waals surface area contributed by atoms with Gasteiger partial charge in [-0.2, -0.15) is 5.10 Å². The van der Waals surface area contributed by atoms with E-state index in [9.17, 15) is 9.18 Å². The number of hydrogen-bond acceptors (Lipinski definition) is 4. The van der Waals surface area contributed by atoms with Crippen molar-refractivity contribution in [3.8, 4) is 22.4 Å². The Morgan fingerprint density at radius 1 is 1.12 bits per heavy atom. The number of likely N-dealkylation sites (N-methyl/N-ethyl adjacent to an activating group) is 1. The van der Waals surface area contributed by atoms with Gasteiger partial charge < -0.3 is 10.6 Å². The molecule has 0 fully saturated rings. The average Bonchev–Trinajstić information content (AvgIpc) is 3.00. The molecule has 0 radical (unpaired) electrons. The number of anilines is 1. The number of carbonyl (C=O) groups is 1. The van der Waals surface area contributed by atoms with Crippen LogP contribution in [0.1, 0.15) is 0 Å². The summed E-state index contributed by atoms with van der Waals surface area (Å²) in [5.41, 5.74) is 3.04. The zero-order valence-corrected chi connectivity index (χ0v) is 13.0.